The van der Waals surface area contributed by atoms with Crippen LogP contribution < -0.4 is 10.6 Å². The lowest BCUT2D eigenvalue weighted by Crippen LogP contribution is -2.35. The van der Waals surface area contributed by atoms with E-state index < -0.39 is 0 Å². The van der Waals surface area contributed by atoms with Crippen molar-refractivity contribution in [2.24, 2.45) is 0 Å². The lowest BCUT2D eigenvalue weighted by Gasteiger charge is -2.27. The molecule has 1 saturated heterocycles. The van der Waals surface area contributed by atoms with E-state index in [1.807, 2.05) is 0 Å². The maximum absolute atomic E-state index is 5.58. The number of hydrogen-bond donors (Lipinski definition) is 1. The molecule has 2 heterocycles. The first kappa shape index (κ1) is 10.2. The molecule has 0 radical (unpaired) electrons. The van der Waals surface area contributed by atoms with Crippen LogP contribution in [0.5, 0.6) is 0 Å². The highest BCUT2D eigenvalue weighted by Crippen LogP contribution is 2.29. The molecule has 2 rings (SSSR count). The fourth-order valence-electron chi connectivity index (χ4n) is 2.30. The van der Waals surface area contributed by atoms with Crippen molar-refractivity contribution < 1.29 is 0 Å². The number of nitrogens with zero attached hydrogens (tertiary/aromatic N) is 3. The highest BCUT2D eigenvalue weighted by atomic mass is 15.3. The quantitative estimate of drug-likeness (QED) is 0.802. The monoisotopic (exact) mass is 206 g/mol. The average molecular weight is 206 g/mol. The van der Waals surface area contributed by atoms with E-state index in [0.29, 0.717) is 17.8 Å². The summed E-state index contributed by atoms with van der Waals surface area (Å²) in [6.07, 6.45) is 6.98. The van der Waals surface area contributed by atoms with Gasteiger partial charge in [0.25, 0.3) is 0 Å². The summed E-state index contributed by atoms with van der Waals surface area (Å²) in [5.41, 5.74) is 6.21. The zero-order chi connectivity index (χ0) is 10.8. The molecule has 1 fully saturated rings. The third-order valence-electron chi connectivity index (χ3n) is 3.15. The van der Waals surface area contributed by atoms with Gasteiger partial charge in [-0.25, -0.2) is 9.97 Å². The number of nitrogens with two attached hydrogens (primary N) is 1. The molecule has 1 aliphatic rings. The molecular formula is C11H18N4. The molecular weight excluding hydrogens is 188 g/mol. The largest absolute Gasteiger partial charge is 0.396 e. The Bertz CT molecular complexity index is 322. The predicted octanol–water partition coefficient (Wildman–Crippen LogP) is 1.83. The van der Waals surface area contributed by atoms with Crippen LogP contribution >= 0.6 is 0 Å². The molecule has 4 heteroatoms. The minimum Gasteiger partial charge on any atom is -0.396 e. The van der Waals surface area contributed by atoms with Crippen molar-refractivity contribution in [1.29, 1.82) is 0 Å². The van der Waals surface area contributed by atoms with Crippen molar-refractivity contribution in [2.75, 3.05) is 10.6 Å². The number of nitrogen functional groups attached to an aromatic ring is 1. The van der Waals surface area contributed by atoms with Crippen LogP contribution in [0, 0.1) is 0 Å². The van der Waals surface area contributed by atoms with Gasteiger partial charge in [-0.3, -0.25) is 0 Å². The van der Waals surface area contributed by atoms with E-state index in [1.54, 1.807) is 12.4 Å². The number of aromatic nitrogens is 2. The Kier molecular flexibility index (Phi) is 2.75. The summed E-state index contributed by atoms with van der Waals surface area (Å²) in [7, 11) is 0. The molecule has 2 unspecified atom stereocenters. The number of hydrogen-bond acceptors (Lipinski definition) is 4. The highest BCUT2D eigenvalue weighted by molar-refractivity contribution is 5.40. The molecule has 0 spiro atoms. The second kappa shape index (κ2) is 4.04. The van der Waals surface area contributed by atoms with E-state index in [4.69, 9.17) is 5.73 Å². The molecule has 0 saturated carbocycles. The Balaban J connectivity index is 2.24. The SMILES string of the molecule is CCC1CCC(C)N1c1ncc(N)cn1. The van der Waals surface area contributed by atoms with E-state index in [0.717, 1.165) is 12.4 Å². The molecule has 1 aromatic rings. The molecule has 4 nitrogen and oxygen atoms in total. The van der Waals surface area contributed by atoms with Crippen molar-refractivity contribution in [3.05, 3.63) is 12.4 Å². The van der Waals surface area contributed by atoms with Crippen molar-refractivity contribution >= 4 is 11.6 Å². The van der Waals surface area contributed by atoms with Gasteiger partial charge in [0.2, 0.25) is 5.95 Å². The fourth-order valence-corrected chi connectivity index (χ4v) is 2.30. The van der Waals surface area contributed by atoms with Gasteiger partial charge < -0.3 is 10.6 Å². The molecule has 0 bridgehead atoms. The molecule has 1 aliphatic heterocycles. The van der Waals surface area contributed by atoms with Gasteiger partial charge in [0.1, 0.15) is 0 Å². The van der Waals surface area contributed by atoms with Gasteiger partial charge in [0, 0.05) is 12.1 Å². The maximum Gasteiger partial charge on any atom is 0.225 e. The lowest BCUT2D eigenvalue weighted by atomic mass is 10.2. The van der Waals surface area contributed by atoms with Crippen LogP contribution in [0.4, 0.5) is 11.6 Å². The number of rotatable bonds is 2. The first-order valence-electron chi connectivity index (χ1n) is 5.58. The van der Waals surface area contributed by atoms with Crippen molar-refractivity contribution in [2.45, 2.75) is 45.2 Å². The summed E-state index contributed by atoms with van der Waals surface area (Å²) in [6, 6.07) is 1.13. The van der Waals surface area contributed by atoms with Crippen molar-refractivity contribution in [1.82, 2.24) is 9.97 Å². The van der Waals surface area contributed by atoms with Crippen LogP contribution in [0.2, 0.25) is 0 Å². The molecule has 2 atom stereocenters. The Morgan fingerprint density at radius 3 is 2.67 bits per heavy atom. The summed E-state index contributed by atoms with van der Waals surface area (Å²) < 4.78 is 0. The Labute approximate surface area is 90.5 Å². The molecule has 1 aromatic heterocycles. The third-order valence-corrected chi connectivity index (χ3v) is 3.15. The molecule has 0 aromatic carbocycles. The highest BCUT2D eigenvalue weighted by Gasteiger charge is 2.30. The zero-order valence-electron chi connectivity index (χ0n) is 9.35. The van der Waals surface area contributed by atoms with Gasteiger partial charge in [-0.15, -0.1) is 0 Å². The first-order valence-corrected chi connectivity index (χ1v) is 5.58. The van der Waals surface area contributed by atoms with Gasteiger partial charge in [-0.2, -0.15) is 0 Å². The second-order valence-corrected chi connectivity index (χ2v) is 4.21. The average Bonchev–Trinajstić information content (AvgIpc) is 2.61. The van der Waals surface area contributed by atoms with Crippen LogP contribution in [0.3, 0.4) is 0 Å². The third kappa shape index (κ3) is 1.89. The minimum atomic E-state index is 0.540. The summed E-state index contributed by atoms with van der Waals surface area (Å²) in [5, 5.41) is 0. The Morgan fingerprint density at radius 2 is 2.07 bits per heavy atom. The second-order valence-electron chi connectivity index (χ2n) is 4.21. The van der Waals surface area contributed by atoms with E-state index in [2.05, 4.69) is 28.7 Å². The van der Waals surface area contributed by atoms with Gasteiger partial charge in [0.05, 0.1) is 18.1 Å². The minimum absolute atomic E-state index is 0.540. The summed E-state index contributed by atoms with van der Waals surface area (Å²) in [6.45, 7) is 4.45. The van der Waals surface area contributed by atoms with Crippen molar-refractivity contribution in [3.63, 3.8) is 0 Å². The fraction of sp³-hybridized carbons (Fsp3) is 0.636. The van der Waals surface area contributed by atoms with E-state index in [-0.39, 0.29) is 0 Å². The maximum atomic E-state index is 5.58. The standard InChI is InChI=1S/C11H18N4/c1-3-10-5-4-8(2)15(10)11-13-6-9(12)7-14-11/h6-8,10H,3-5,12H2,1-2H3. The van der Waals surface area contributed by atoms with Crippen LogP contribution in [0.25, 0.3) is 0 Å². The van der Waals surface area contributed by atoms with Gasteiger partial charge in [-0.05, 0) is 26.2 Å². The predicted molar refractivity (Wildman–Crippen MR) is 61.7 cm³/mol. The van der Waals surface area contributed by atoms with Crippen LogP contribution in [-0.2, 0) is 0 Å². The summed E-state index contributed by atoms with van der Waals surface area (Å²) in [5.74, 6) is 0.820. The zero-order valence-corrected chi connectivity index (χ0v) is 9.35. The Morgan fingerprint density at radius 1 is 1.40 bits per heavy atom. The number of anilines is 2. The lowest BCUT2D eigenvalue weighted by molar-refractivity contribution is 0.613. The topological polar surface area (TPSA) is 55.0 Å². The van der Waals surface area contributed by atoms with Crippen molar-refractivity contribution in [3.8, 4) is 0 Å². The first-order chi connectivity index (χ1) is 7.22. The molecule has 0 amide bonds. The van der Waals surface area contributed by atoms with Gasteiger partial charge >= 0.3 is 0 Å². The van der Waals surface area contributed by atoms with E-state index in [9.17, 15) is 0 Å². The summed E-state index contributed by atoms with van der Waals surface area (Å²) >= 11 is 0. The molecule has 15 heavy (non-hydrogen) atoms. The molecule has 2 N–H and O–H groups in total. The smallest absolute Gasteiger partial charge is 0.225 e. The van der Waals surface area contributed by atoms with Crippen LogP contribution in [0.15, 0.2) is 12.4 Å². The molecule has 0 aliphatic carbocycles. The van der Waals surface area contributed by atoms with Crippen LogP contribution in [-0.4, -0.2) is 22.1 Å². The van der Waals surface area contributed by atoms with Gasteiger partial charge in [0.15, 0.2) is 0 Å². The van der Waals surface area contributed by atoms with E-state index in [1.165, 1.54) is 12.8 Å². The van der Waals surface area contributed by atoms with E-state index >= 15 is 0 Å². The normalized spacial score (nSPS) is 25.9. The van der Waals surface area contributed by atoms with Gasteiger partial charge in [-0.1, -0.05) is 6.92 Å². The molecule has 82 valence electrons. The summed E-state index contributed by atoms with van der Waals surface area (Å²) in [4.78, 5) is 10.9. The van der Waals surface area contributed by atoms with Crippen LogP contribution in [0.1, 0.15) is 33.1 Å². The Hall–Kier alpha value is -1.32.